The van der Waals surface area contributed by atoms with Crippen LogP contribution < -0.4 is 10.6 Å². The molecule has 1 fully saturated rings. The van der Waals surface area contributed by atoms with E-state index in [4.69, 9.17) is 16.3 Å². The van der Waals surface area contributed by atoms with Crippen LogP contribution in [0.2, 0.25) is 5.02 Å². The van der Waals surface area contributed by atoms with E-state index >= 15 is 0 Å². The lowest BCUT2D eigenvalue weighted by atomic mass is 9.77. The third-order valence-corrected chi connectivity index (χ3v) is 5.36. The van der Waals surface area contributed by atoms with E-state index < -0.39 is 23.2 Å². The molecule has 2 amide bonds. The minimum Gasteiger partial charge on any atom is -0.383 e. The monoisotopic (exact) mass is 420 g/mol. The fourth-order valence-corrected chi connectivity index (χ4v) is 3.62. The van der Waals surface area contributed by atoms with Crippen molar-refractivity contribution in [3.8, 4) is 0 Å². The first-order valence-corrected chi connectivity index (χ1v) is 9.68. The van der Waals surface area contributed by atoms with Crippen LogP contribution in [0.1, 0.15) is 18.4 Å². The van der Waals surface area contributed by atoms with Gasteiger partial charge in [0, 0.05) is 18.9 Å². The molecule has 0 saturated carbocycles. The van der Waals surface area contributed by atoms with Crippen LogP contribution in [-0.4, -0.2) is 36.7 Å². The Balaban J connectivity index is 1.68. The summed E-state index contributed by atoms with van der Waals surface area (Å²) in [6.07, 6.45) is 1.28. The number of ether oxygens (including phenoxy) is 1. The van der Waals surface area contributed by atoms with Gasteiger partial charge in [0.15, 0.2) is 0 Å². The van der Waals surface area contributed by atoms with Crippen molar-refractivity contribution in [3.05, 3.63) is 64.9 Å². The predicted molar refractivity (Wildman–Crippen MR) is 107 cm³/mol. The van der Waals surface area contributed by atoms with E-state index in [-0.39, 0.29) is 23.2 Å². The van der Waals surface area contributed by atoms with Crippen molar-refractivity contribution in [2.45, 2.75) is 18.4 Å². The van der Waals surface area contributed by atoms with Crippen LogP contribution in [-0.2, 0) is 19.9 Å². The summed E-state index contributed by atoms with van der Waals surface area (Å²) in [5.74, 6) is -2.60. The van der Waals surface area contributed by atoms with Gasteiger partial charge in [0.1, 0.15) is 11.4 Å². The quantitative estimate of drug-likeness (QED) is 0.649. The van der Waals surface area contributed by atoms with Gasteiger partial charge in [-0.2, -0.15) is 0 Å². The number of benzene rings is 2. The Morgan fingerprint density at radius 2 is 1.83 bits per heavy atom. The van der Waals surface area contributed by atoms with Crippen LogP contribution in [0.3, 0.4) is 0 Å². The summed E-state index contributed by atoms with van der Waals surface area (Å²) in [5, 5.41) is 16.1. The Bertz CT molecular complexity index is 874. The summed E-state index contributed by atoms with van der Waals surface area (Å²) in [6, 6.07) is 12.7. The normalized spacial score (nSPS) is 16.7. The zero-order valence-corrected chi connectivity index (χ0v) is 16.4. The van der Waals surface area contributed by atoms with Gasteiger partial charge in [0.05, 0.1) is 11.6 Å². The van der Waals surface area contributed by atoms with E-state index in [1.807, 2.05) is 18.2 Å². The number of hydrogen-bond donors (Lipinski definition) is 3. The minimum absolute atomic E-state index is 0.127. The second-order valence-electron chi connectivity index (χ2n) is 6.94. The van der Waals surface area contributed by atoms with Crippen LogP contribution in [0.4, 0.5) is 10.1 Å². The maximum atomic E-state index is 13.2. The molecule has 2 aromatic rings. The molecular weight excluding hydrogens is 399 g/mol. The molecule has 0 radical (unpaired) electrons. The first kappa shape index (κ1) is 21.2. The van der Waals surface area contributed by atoms with E-state index in [9.17, 15) is 19.1 Å². The molecule has 0 bridgehead atoms. The number of aliphatic hydroxyl groups is 1. The van der Waals surface area contributed by atoms with Crippen molar-refractivity contribution in [1.29, 1.82) is 0 Å². The van der Waals surface area contributed by atoms with Gasteiger partial charge in [0.2, 0.25) is 0 Å². The van der Waals surface area contributed by atoms with Gasteiger partial charge in [-0.05, 0) is 42.5 Å². The molecular formula is C21H22ClFN2O4. The largest absolute Gasteiger partial charge is 0.383 e. The van der Waals surface area contributed by atoms with Crippen LogP contribution in [0.15, 0.2) is 48.5 Å². The zero-order valence-electron chi connectivity index (χ0n) is 15.7. The molecule has 1 aliphatic heterocycles. The third-order valence-electron chi connectivity index (χ3n) is 5.07. The topological polar surface area (TPSA) is 87.7 Å². The van der Waals surface area contributed by atoms with Gasteiger partial charge in [-0.3, -0.25) is 9.59 Å². The van der Waals surface area contributed by atoms with E-state index in [1.54, 1.807) is 12.1 Å². The fraction of sp³-hybridized carbons (Fsp3) is 0.333. The van der Waals surface area contributed by atoms with E-state index in [0.717, 1.165) is 6.07 Å². The predicted octanol–water partition coefficient (Wildman–Crippen LogP) is 2.85. The van der Waals surface area contributed by atoms with Crippen molar-refractivity contribution in [3.63, 3.8) is 0 Å². The third kappa shape index (κ3) is 5.12. The lowest BCUT2D eigenvalue weighted by Gasteiger charge is -2.39. The summed E-state index contributed by atoms with van der Waals surface area (Å²) in [5.41, 5.74) is -0.475. The van der Waals surface area contributed by atoms with Gasteiger partial charge in [0.25, 0.3) is 0 Å². The summed E-state index contributed by atoms with van der Waals surface area (Å²) in [4.78, 5) is 24.5. The van der Waals surface area contributed by atoms with Gasteiger partial charge in [-0.25, -0.2) is 4.39 Å². The van der Waals surface area contributed by atoms with E-state index in [0.29, 0.717) is 31.6 Å². The molecule has 6 nitrogen and oxygen atoms in total. The molecule has 1 heterocycles. The van der Waals surface area contributed by atoms with Crippen molar-refractivity contribution >= 4 is 29.1 Å². The molecule has 2 aromatic carbocycles. The van der Waals surface area contributed by atoms with Crippen LogP contribution in [0, 0.1) is 11.7 Å². The number of rotatable bonds is 5. The summed E-state index contributed by atoms with van der Waals surface area (Å²) >= 11 is 5.68. The van der Waals surface area contributed by atoms with E-state index in [1.165, 1.54) is 12.1 Å². The number of anilines is 1. The second kappa shape index (κ2) is 9.35. The Morgan fingerprint density at radius 3 is 2.48 bits per heavy atom. The molecule has 1 saturated heterocycles. The molecule has 3 rings (SSSR count). The SMILES string of the molecule is O=C(NC[C@](O)(c1ccccc1)C1CCOCC1)C(=O)Nc1ccc(F)c(Cl)c1. The zero-order chi connectivity index (χ0) is 20.9. The second-order valence-corrected chi connectivity index (χ2v) is 7.35. The highest BCUT2D eigenvalue weighted by Gasteiger charge is 2.39. The van der Waals surface area contributed by atoms with Crippen molar-refractivity contribution in [1.82, 2.24) is 5.32 Å². The molecule has 29 heavy (non-hydrogen) atoms. The Morgan fingerprint density at radius 1 is 1.14 bits per heavy atom. The molecule has 1 aliphatic rings. The molecule has 0 unspecified atom stereocenters. The number of halogens is 2. The molecule has 1 atom stereocenters. The fourth-order valence-electron chi connectivity index (χ4n) is 3.44. The van der Waals surface area contributed by atoms with Gasteiger partial charge >= 0.3 is 11.8 Å². The van der Waals surface area contributed by atoms with Crippen LogP contribution >= 0.6 is 11.6 Å². The van der Waals surface area contributed by atoms with Gasteiger partial charge in [-0.15, -0.1) is 0 Å². The van der Waals surface area contributed by atoms with Crippen molar-refractivity contribution in [2.24, 2.45) is 5.92 Å². The highest BCUT2D eigenvalue weighted by atomic mass is 35.5. The maximum Gasteiger partial charge on any atom is 0.313 e. The molecule has 8 heteroatoms. The smallest absolute Gasteiger partial charge is 0.313 e. The molecule has 0 spiro atoms. The summed E-state index contributed by atoms with van der Waals surface area (Å²) in [6.45, 7) is 0.928. The summed E-state index contributed by atoms with van der Waals surface area (Å²) < 4.78 is 18.6. The Labute approximate surface area is 173 Å². The number of nitrogens with one attached hydrogen (secondary N) is 2. The average molecular weight is 421 g/mol. The Hall–Kier alpha value is -2.48. The minimum atomic E-state index is -1.33. The molecule has 154 valence electrons. The van der Waals surface area contributed by atoms with E-state index in [2.05, 4.69) is 10.6 Å². The standard InChI is InChI=1S/C21H22ClFN2O4/c22-17-12-16(6-7-18(17)23)25-20(27)19(26)24-13-21(28,14-4-2-1-3-5-14)15-8-10-29-11-9-15/h1-7,12,15,28H,8-11,13H2,(H,24,26)(H,25,27)/t21-/m0/s1. The highest BCUT2D eigenvalue weighted by molar-refractivity contribution is 6.39. The van der Waals surface area contributed by atoms with Gasteiger partial charge < -0.3 is 20.5 Å². The van der Waals surface area contributed by atoms with Crippen molar-refractivity contribution in [2.75, 3.05) is 25.1 Å². The highest BCUT2D eigenvalue weighted by Crippen LogP contribution is 2.35. The first-order valence-electron chi connectivity index (χ1n) is 9.30. The lowest BCUT2D eigenvalue weighted by molar-refractivity contribution is -0.137. The molecule has 0 aromatic heterocycles. The number of carbonyl (C=O) groups is 2. The van der Waals surface area contributed by atoms with Crippen LogP contribution in [0.5, 0.6) is 0 Å². The number of hydrogen-bond acceptors (Lipinski definition) is 4. The van der Waals surface area contributed by atoms with Crippen molar-refractivity contribution < 1.29 is 23.8 Å². The lowest BCUT2D eigenvalue weighted by Crippen LogP contribution is -2.49. The number of carbonyl (C=O) groups excluding carboxylic acids is 2. The molecule has 0 aliphatic carbocycles. The average Bonchev–Trinajstić information content (AvgIpc) is 2.75. The molecule has 3 N–H and O–H groups in total. The van der Waals surface area contributed by atoms with Crippen LogP contribution in [0.25, 0.3) is 0 Å². The van der Waals surface area contributed by atoms with Gasteiger partial charge in [-0.1, -0.05) is 41.9 Å². The Kier molecular flexibility index (Phi) is 6.84. The maximum absolute atomic E-state index is 13.2. The summed E-state index contributed by atoms with van der Waals surface area (Å²) in [7, 11) is 0. The first-order chi connectivity index (χ1) is 13.9. The number of amides is 2.